The van der Waals surface area contributed by atoms with Crippen LogP contribution in [0.2, 0.25) is 0 Å². The quantitative estimate of drug-likeness (QED) is 0.910. The van der Waals surface area contributed by atoms with Crippen molar-refractivity contribution < 1.29 is 0 Å². The van der Waals surface area contributed by atoms with Crippen LogP contribution in [0.3, 0.4) is 0 Å². The predicted molar refractivity (Wildman–Crippen MR) is 85.7 cm³/mol. The first-order valence-corrected chi connectivity index (χ1v) is 7.95. The molecule has 0 aromatic carbocycles. The normalized spacial score (nSPS) is 23.9. The Morgan fingerprint density at radius 2 is 2.25 bits per heavy atom. The molecular weight excluding hydrogens is 270 g/mol. The summed E-state index contributed by atoms with van der Waals surface area (Å²) in [7, 11) is 4.05. The molecule has 2 atom stereocenters. The van der Waals surface area contributed by atoms with Crippen LogP contribution in [0.1, 0.15) is 19.8 Å². The minimum atomic E-state index is 0.490. The maximum atomic E-state index is 4.59. The van der Waals surface area contributed by atoms with Crippen molar-refractivity contribution in [2.45, 2.75) is 31.8 Å². The van der Waals surface area contributed by atoms with Gasteiger partial charge < -0.3 is 15.5 Å². The number of aromatic nitrogens is 2. The summed E-state index contributed by atoms with van der Waals surface area (Å²) in [6.45, 7) is 3.42. The molecule has 1 saturated heterocycles. The number of nitrogens with zero attached hydrogens (tertiary/aromatic N) is 3. The fourth-order valence-electron chi connectivity index (χ4n) is 2.69. The van der Waals surface area contributed by atoms with Gasteiger partial charge in [-0.15, -0.1) is 11.3 Å². The summed E-state index contributed by atoms with van der Waals surface area (Å²) in [4.78, 5) is 12.5. The third kappa shape index (κ3) is 2.58. The molecule has 6 heteroatoms. The van der Waals surface area contributed by atoms with Gasteiger partial charge in [0.05, 0.1) is 5.39 Å². The fourth-order valence-corrected chi connectivity index (χ4v) is 3.45. The van der Waals surface area contributed by atoms with Gasteiger partial charge in [0.25, 0.3) is 0 Å². The molecule has 1 aliphatic rings. The predicted octanol–water partition coefficient (Wildman–Crippen LogP) is 2.63. The van der Waals surface area contributed by atoms with Gasteiger partial charge in [-0.3, -0.25) is 0 Å². The number of piperidine rings is 1. The molecule has 5 nitrogen and oxygen atoms in total. The van der Waals surface area contributed by atoms with E-state index in [-0.39, 0.29) is 0 Å². The Morgan fingerprint density at radius 1 is 1.40 bits per heavy atom. The lowest BCUT2D eigenvalue weighted by atomic mass is 9.99. The average Bonchev–Trinajstić information content (AvgIpc) is 2.91. The third-order valence-electron chi connectivity index (χ3n) is 4.10. The summed E-state index contributed by atoms with van der Waals surface area (Å²) in [6, 6.07) is 3.20. The van der Waals surface area contributed by atoms with Crippen molar-refractivity contribution in [1.29, 1.82) is 0 Å². The average molecular weight is 291 g/mol. The molecule has 108 valence electrons. The van der Waals surface area contributed by atoms with E-state index in [2.05, 4.69) is 50.9 Å². The molecule has 20 heavy (non-hydrogen) atoms. The molecule has 2 unspecified atom stereocenters. The van der Waals surface area contributed by atoms with E-state index in [1.54, 1.807) is 11.3 Å². The number of likely N-dealkylation sites (tertiary alicyclic amines) is 1. The Balaban J connectivity index is 1.85. The van der Waals surface area contributed by atoms with E-state index in [4.69, 9.17) is 0 Å². The van der Waals surface area contributed by atoms with Gasteiger partial charge in [-0.25, -0.2) is 4.98 Å². The van der Waals surface area contributed by atoms with Crippen LogP contribution in [-0.2, 0) is 0 Å². The number of anilines is 2. The largest absolute Gasteiger partial charge is 0.367 e. The second-order valence-corrected chi connectivity index (χ2v) is 6.38. The highest BCUT2D eigenvalue weighted by atomic mass is 32.1. The van der Waals surface area contributed by atoms with Crippen LogP contribution in [-0.4, -0.2) is 47.6 Å². The first-order chi connectivity index (χ1) is 9.67. The Labute approximate surface area is 123 Å². The minimum Gasteiger partial charge on any atom is -0.367 e. The number of nitrogens with one attached hydrogen (secondary N) is 2. The fraction of sp³-hybridized carbons (Fsp3) is 0.571. The molecule has 2 aromatic rings. The number of fused-ring (bicyclic) bond motifs is 1. The monoisotopic (exact) mass is 291 g/mol. The highest BCUT2D eigenvalue weighted by Gasteiger charge is 2.23. The first-order valence-electron chi connectivity index (χ1n) is 7.07. The van der Waals surface area contributed by atoms with Crippen LogP contribution in [0.5, 0.6) is 0 Å². The molecule has 0 aliphatic carbocycles. The minimum absolute atomic E-state index is 0.490. The second-order valence-electron chi connectivity index (χ2n) is 5.48. The number of thiophene rings is 1. The van der Waals surface area contributed by atoms with Gasteiger partial charge in [0.15, 0.2) is 0 Å². The van der Waals surface area contributed by atoms with E-state index in [1.807, 2.05) is 7.05 Å². The van der Waals surface area contributed by atoms with Crippen LogP contribution >= 0.6 is 11.3 Å². The van der Waals surface area contributed by atoms with Crippen molar-refractivity contribution in [2.24, 2.45) is 0 Å². The van der Waals surface area contributed by atoms with E-state index in [9.17, 15) is 0 Å². The molecule has 0 bridgehead atoms. The molecular formula is C14H21N5S. The van der Waals surface area contributed by atoms with E-state index in [0.717, 1.165) is 35.4 Å². The molecule has 0 spiro atoms. The third-order valence-corrected chi connectivity index (χ3v) is 4.90. The van der Waals surface area contributed by atoms with E-state index in [1.165, 1.54) is 0 Å². The molecule has 3 rings (SSSR count). The zero-order valence-corrected chi connectivity index (χ0v) is 13.0. The highest BCUT2D eigenvalue weighted by molar-refractivity contribution is 7.16. The molecule has 2 N–H and O–H groups in total. The molecule has 1 aliphatic heterocycles. The first kappa shape index (κ1) is 13.6. The second kappa shape index (κ2) is 5.54. The Hall–Kier alpha value is -1.40. The van der Waals surface area contributed by atoms with Gasteiger partial charge in [-0.1, -0.05) is 0 Å². The number of rotatable bonds is 3. The summed E-state index contributed by atoms with van der Waals surface area (Å²) in [5, 5.41) is 9.86. The van der Waals surface area contributed by atoms with E-state index >= 15 is 0 Å². The Bertz CT molecular complexity index is 596. The smallest absolute Gasteiger partial charge is 0.225 e. The molecule has 0 amide bonds. The van der Waals surface area contributed by atoms with Crippen molar-refractivity contribution in [3.8, 4) is 0 Å². The zero-order valence-electron chi connectivity index (χ0n) is 12.2. The van der Waals surface area contributed by atoms with E-state index < -0.39 is 0 Å². The molecule has 3 heterocycles. The van der Waals surface area contributed by atoms with Crippen LogP contribution in [0, 0.1) is 0 Å². The highest BCUT2D eigenvalue weighted by Crippen LogP contribution is 2.28. The van der Waals surface area contributed by atoms with Gasteiger partial charge in [-0.05, 0) is 38.3 Å². The van der Waals surface area contributed by atoms with Crippen LogP contribution in [0.15, 0.2) is 11.4 Å². The molecule has 2 aromatic heterocycles. The summed E-state index contributed by atoms with van der Waals surface area (Å²) in [6.07, 6.45) is 2.31. The van der Waals surface area contributed by atoms with Crippen molar-refractivity contribution in [1.82, 2.24) is 14.9 Å². The van der Waals surface area contributed by atoms with Crippen molar-refractivity contribution in [2.75, 3.05) is 31.3 Å². The summed E-state index contributed by atoms with van der Waals surface area (Å²) < 4.78 is 0. The Morgan fingerprint density at radius 3 is 3.00 bits per heavy atom. The lowest BCUT2D eigenvalue weighted by Gasteiger charge is -2.35. The molecule has 0 radical (unpaired) electrons. The summed E-state index contributed by atoms with van der Waals surface area (Å²) in [5.74, 6) is 1.64. The zero-order chi connectivity index (χ0) is 14.1. The maximum Gasteiger partial charge on any atom is 0.225 e. The number of hydrogen-bond acceptors (Lipinski definition) is 6. The molecule has 0 saturated carbocycles. The van der Waals surface area contributed by atoms with Gasteiger partial charge in [0, 0.05) is 25.7 Å². The SMILES string of the molecule is CNc1nc(NC2CCN(C)C(C)C2)c2ccsc2n1. The summed E-state index contributed by atoms with van der Waals surface area (Å²) in [5.41, 5.74) is 0. The van der Waals surface area contributed by atoms with Crippen LogP contribution in [0.4, 0.5) is 11.8 Å². The van der Waals surface area contributed by atoms with Crippen molar-refractivity contribution in [3.05, 3.63) is 11.4 Å². The lowest BCUT2D eigenvalue weighted by molar-refractivity contribution is 0.190. The maximum absolute atomic E-state index is 4.59. The van der Waals surface area contributed by atoms with Crippen molar-refractivity contribution >= 4 is 33.3 Å². The lowest BCUT2D eigenvalue weighted by Crippen LogP contribution is -2.42. The van der Waals surface area contributed by atoms with E-state index in [0.29, 0.717) is 18.0 Å². The number of hydrogen-bond donors (Lipinski definition) is 2. The molecule has 1 fully saturated rings. The Kier molecular flexibility index (Phi) is 3.76. The van der Waals surface area contributed by atoms with Crippen LogP contribution < -0.4 is 10.6 Å². The van der Waals surface area contributed by atoms with Gasteiger partial charge in [0.1, 0.15) is 10.6 Å². The standard InChI is InChI=1S/C14H21N5S/c1-9-8-10(4-6-19(9)3)16-12-11-5-7-20-13(11)18-14(15-2)17-12/h5,7,9-10H,4,6,8H2,1-3H3,(H2,15,16,17,18). The van der Waals surface area contributed by atoms with Crippen LogP contribution in [0.25, 0.3) is 10.2 Å². The van der Waals surface area contributed by atoms with Crippen molar-refractivity contribution in [3.63, 3.8) is 0 Å². The topological polar surface area (TPSA) is 53.1 Å². The van der Waals surface area contributed by atoms with Gasteiger partial charge in [0.2, 0.25) is 5.95 Å². The summed E-state index contributed by atoms with van der Waals surface area (Å²) >= 11 is 1.65. The van der Waals surface area contributed by atoms with Gasteiger partial charge in [-0.2, -0.15) is 4.98 Å². The van der Waals surface area contributed by atoms with Gasteiger partial charge >= 0.3 is 0 Å².